The summed E-state index contributed by atoms with van der Waals surface area (Å²) in [6.45, 7) is 0. The van der Waals surface area contributed by atoms with Gasteiger partial charge in [-0.15, -0.1) is 0 Å². The van der Waals surface area contributed by atoms with E-state index in [4.69, 9.17) is 5.11 Å². The monoisotopic (exact) mass is 392 g/mol. The average molecular weight is 392 g/mol. The summed E-state index contributed by atoms with van der Waals surface area (Å²) in [5.74, 6) is -24.6. The lowest BCUT2D eigenvalue weighted by Crippen LogP contribution is -2.61. The Labute approximate surface area is 123 Å². The number of hydrogen-bond acceptors (Lipinski definition) is 1. The van der Waals surface area contributed by atoms with Crippen molar-refractivity contribution in [2.75, 3.05) is 0 Å². The molecule has 1 atom stereocenters. The van der Waals surface area contributed by atoms with Gasteiger partial charge in [-0.25, -0.2) is 9.18 Å². The van der Waals surface area contributed by atoms with E-state index in [1.54, 1.807) is 0 Å². The van der Waals surface area contributed by atoms with Gasteiger partial charge in [0.2, 0.25) is 0 Å². The Morgan fingerprint density at radius 3 is 1.25 bits per heavy atom. The number of aliphatic carboxylic acids is 1. The maximum atomic E-state index is 13.2. The van der Waals surface area contributed by atoms with Crippen molar-refractivity contribution in [2.45, 2.75) is 48.6 Å². The highest BCUT2D eigenvalue weighted by molar-refractivity contribution is 5.78. The predicted octanol–water partition coefficient (Wildman–Crippen LogP) is 4.59. The van der Waals surface area contributed by atoms with Crippen LogP contribution in [0, 0.1) is 0 Å². The molecule has 2 nitrogen and oxygen atoms in total. The molecule has 0 aliphatic carbocycles. The molecule has 0 saturated carbocycles. The molecule has 144 valence electrons. The third-order valence-electron chi connectivity index (χ3n) is 2.78. The third kappa shape index (κ3) is 3.48. The number of carboxylic acids is 1. The molecule has 0 amide bonds. The van der Waals surface area contributed by atoms with Crippen molar-refractivity contribution in [3.8, 4) is 0 Å². The molecule has 0 bridgehead atoms. The summed E-state index contributed by atoms with van der Waals surface area (Å²) >= 11 is 0. The smallest absolute Gasteiger partial charge is 0.460 e. The van der Waals surface area contributed by atoms with Crippen LogP contribution in [0.4, 0.5) is 57.1 Å². The van der Waals surface area contributed by atoms with Crippen molar-refractivity contribution in [1.29, 1.82) is 0 Å². The molecule has 0 aliphatic rings. The van der Waals surface area contributed by atoms with Crippen molar-refractivity contribution in [1.82, 2.24) is 0 Å². The van der Waals surface area contributed by atoms with Gasteiger partial charge in [0.15, 0.2) is 0 Å². The van der Waals surface area contributed by atoms with Crippen LogP contribution in [-0.4, -0.2) is 46.9 Å². The van der Waals surface area contributed by atoms with Crippen LogP contribution < -0.4 is 0 Å². The summed E-state index contributed by atoms with van der Waals surface area (Å²) in [5, 5.41) is 8.00. The highest BCUT2D eigenvalue weighted by Crippen LogP contribution is 2.55. The summed E-state index contributed by atoms with van der Waals surface area (Å²) in [4.78, 5) is 10.1. The van der Waals surface area contributed by atoms with Crippen LogP contribution >= 0.6 is 0 Å². The van der Waals surface area contributed by atoms with Gasteiger partial charge < -0.3 is 5.11 Å². The summed E-state index contributed by atoms with van der Waals surface area (Å²) in [6.07, 6.45) is -19.9. The van der Waals surface area contributed by atoms with Crippen LogP contribution in [0.1, 0.15) is 12.8 Å². The number of alkyl halides is 13. The molecule has 0 heterocycles. The molecular weight excluding hydrogens is 387 g/mol. The van der Waals surface area contributed by atoms with Crippen LogP contribution in [0.25, 0.3) is 0 Å². The fourth-order valence-corrected chi connectivity index (χ4v) is 1.26. The fourth-order valence-electron chi connectivity index (χ4n) is 1.26. The zero-order valence-electron chi connectivity index (χ0n) is 10.7. The summed E-state index contributed by atoms with van der Waals surface area (Å²) in [6, 6.07) is 0. The second kappa shape index (κ2) is 5.82. The largest absolute Gasteiger partial charge is 0.479 e. The van der Waals surface area contributed by atoms with Crippen molar-refractivity contribution in [3.63, 3.8) is 0 Å². The first kappa shape index (κ1) is 22.6. The van der Waals surface area contributed by atoms with Crippen LogP contribution in [0.3, 0.4) is 0 Å². The highest BCUT2D eigenvalue weighted by atomic mass is 19.4. The molecule has 0 saturated heterocycles. The average Bonchev–Trinajstić information content (AvgIpc) is 2.32. The molecule has 15 heteroatoms. The number of hydrogen-bond donors (Lipinski definition) is 1. The summed E-state index contributed by atoms with van der Waals surface area (Å²) in [5.41, 5.74) is -5.56. The Morgan fingerprint density at radius 2 is 1.00 bits per heavy atom. The number of halogens is 13. The van der Waals surface area contributed by atoms with Gasteiger partial charge in [0, 0.05) is 12.8 Å². The first-order chi connectivity index (χ1) is 10.2. The molecule has 1 unspecified atom stereocenters. The molecule has 0 aromatic carbocycles. The second-order valence-corrected chi connectivity index (χ2v) is 4.46. The Bertz CT molecular complexity index is 477. The first-order valence-corrected chi connectivity index (χ1v) is 5.34. The third-order valence-corrected chi connectivity index (χ3v) is 2.78. The second-order valence-electron chi connectivity index (χ2n) is 4.46. The molecule has 0 radical (unpaired) electrons. The van der Waals surface area contributed by atoms with E-state index in [2.05, 4.69) is 0 Å². The molecule has 24 heavy (non-hydrogen) atoms. The van der Waals surface area contributed by atoms with Gasteiger partial charge in [0.1, 0.15) is 0 Å². The van der Waals surface area contributed by atoms with E-state index < -0.39 is 54.6 Å². The topological polar surface area (TPSA) is 37.3 Å². The van der Waals surface area contributed by atoms with Crippen molar-refractivity contribution in [2.24, 2.45) is 0 Å². The lowest BCUT2D eigenvalue weighted by Gasteiger charge is -2.34. The zero-order valence-corrected chi connectivity index (χ0v) is 10.7. The maximum Gasteiger partial charge on any atom is 0.460 e. The van der Waals surface area contributed by atoms with Crippen molar-refractivity contribution < 1.29 is 67.0 Å². The van der Waals surface area contributed by atoms with Gasteiger partial charge in [-0.1, -0.05) is 0 Å². The molecule has 1 N–H and O–H groups in total. The van der Waals surface area contributed by atoms with E-state index >= 15 is 0 Å². The molecule has 0 fully saturated rings. The Kier molecular flexibility index (Phi) is 5.47. The number of rotatable bonds is 6. The Balaban J connectivity index is 5.68. The first-order valence-electron chi connectivity index (χ1n) is 5.34. The van der Waals surface area contributed by atoms with E-state index in [0.29, 0.717) is 0 Å². The van der Waals surface area contributed by atoms with E-state index in [0.717, 1.165) is 0 Å². The van der Waals surface area contributed by atoms with Crippen molar-refractivity contribution in [3.05, 3.63) is 0 Å². The summed E-state index contributed by atoms with van der Waals surface area (Å²) < 4.78 is 161. The minimum absolute atomic E-state index is 3.03. The SMILES string of the molecule is O=C(O)C(F)(CCC(F)(F)C(F)(F)C(F)(F)C(F)(F)F)C(F)(F)F. The van der Waals surface area contributed by atoms with E-state index in [1.165, 1.54) is 0 Å². The fraction of sp³-hybridized carbons (Fsp3) is 0.889. The van der Waals surface area contributed by atoms with E-state index in [-0.39, 0.29) is 0 Å². The van der Waals surface area contributed by atoms with Gasteiger partial charge in [-0.3, -0.25) is 0 Å². The van der Waals surface area contributed by atoms with Gasteiger partial charge in [-0.05, 0) is 0 Å². The van der Waals surface area contributed by atoms with Gasteiger partial charge >= 0.3 is 41.8 Å². The van der Waals surface area contributed by atoms with E-state index in [1.807, 2.05) is 0 Å². The minimum atomic E-state index is -7.37. The lowest BCUT2D eigenvalue weighted by molar-refractivity contribution is -0.397. The molecule has 0 aromatic heterocycles. The predicted molar refractivity (Wildman–Crippen MR) is 47.7 cm³/mol. The van der Waals surface area contributed by atoms with Crippen LogP contribution in [0.5, 0.6) is 0 Å². The van der Waals surface area contributed by atoms with Gasteiger partial charge in [-0.2, -0.15) is 52.7 Å². The zero-order chi connectivity index (χ0) is 20.0. The molecular formula is C9H5F13O2. The number of carboxylic acid groups (broad SMARTS) is 1. The molecule has 0 spiro atoms. The molecule has 0 rings (SSSR count). The number of carbonyl (C=O) groups is 1. The molecule has 0 aromatic rings. The van der Waals surface area contributed by atoms with Gasteiger partial charge in [0.25, 0.3) is 0 Å². The normalized spacial score (nSPS) is 17.5. The molecule has 0 aliphatic heterocycles. The highest BCUT2D eigenvalue weighted by Gasteiger charge is 2.81. The lowest BCUT2D eigenvalue weighted by atomic mass is 9.92. The van der Waals surface area contributed by atoms with Crippen LogP contribution in [-0.2, 0) is 4.79 Å². The minimum Gasteiger partial charge on any atom is -0.479 e. The Hall–Kier alpha value is -1.44. The van der Waals surface area contributed by atoms with Crippen LogP contribution in [0.15, 0.2) is 0 Å². The van der Waals surface area contributed by atoms with Crippen LogP contribution in [0.2, 0.25) is 0 Å². The van der Waals surface area contributed by atoms with Crippen molar-refractivity contribution >= 4 is 5.97 Å². The van der Waals surface area contributed by atoms with Gasteiger partial charge in [0.05, 0.1) is 0 Å². The standard InChI is InChI=1S/C9H5F13O2/c10-4(3(23)24,8(17,18)19)1-2-5(11,12)6(13,14)7(15,16)9(20,21)22/h1-2H2,(H,23,24). The summed E-state index contributed by atoms with van der Waals surface area (Å²) in [7, 11) is 0. The maximum absolute atomic E-state index is 13.2. The quantitative estimate of drug-likeness (QED) is 0.672. The Morgan fingerprint density at radius 1 is 0.625 bits per heavy atom. The van der Waals surface area contributed by atoms with E-state index in [9.17, 15) is 61.9 Å².